The van der Waals surface area contributed by atoms with E-state index >= 15 is 0 Å². The van der Waals surface area contributed by atoms with Crippen LogP contribution in [0.15, 0.2) is 35.4 Å². The molecular formula is C11H9FN2O. The number of aromatic amines is 1. The Labute approximate surface area is 85.6 Å². The lowest BCUT2D eigenvalue weighted by atomic mass is 10.1. The molecule has 0 unspecified atom stereocenters. The Balaban J connectivity index is 2.59. The van der Waals surface area contributed by atoms with E-state index in [4.69, 9.17) is 0 Å². The number of aryl methyl sites for hydroxylation is 1. The summed E-state index contributed by atoms with van der Waals surface area (Å²) in [5.41, 5.74) is 1.87. The van der Waals surface area contributed by atoms with Crippen LogP contribution in [0.3, 0.4) is 0 Å². The Hall–Kier alpha value is -1.97. The minimum atomic E-state index is -0.289. The van der Waals surface area contributed by atoms with E-state index in [-0.39, 0.29) is 11.4 Å². The lowest BCUT2D eigenvalue weighted by Crippen LogP contribution is -2.06. The first kappa shape index (κ1) is 9.58. The van der Waals surface area contributed by atoms with Crippen LogP contribution in [0.2, 0.25) is 0 Å². The van der Waals surface area contributed by atoms with Crippen LogP contribution in [0.25, 0.3) is 11.3 Å². The number of halogens is 1. The summed E-state index contributed by atoms with van der Waals surface area (Å²) in [6.45, 7) is 1.78. The molecule has 0 spiro atoms. The minimum Gasteiger partial charge on any atom is -0.319 e. The molecule has 0 bridgehead atoms. The summed E-state index contributed by atoms with van der Waals surface area (Å²) in [5, 5.41) is 0. The molecule has 0 radical (unpaired) electrons. The number of nitrogens with zero attached hydrogens (tertiary/aromatic N) is 1. The van der Waals surface area contributed by atoms with Gasteiger partial charge in [0.15, 0.2) is 0 Å². The number of nitrogens with one attached hydrogen (secondary N) is 1. The third-order valence-electron chi connectivity index (χ3n) is 2.13. The first-order valence-electron chi connectivity index (χ1n) is 4.47. The average Bonchev–Trinajstić information content (AvgIpc) is 2.17. The van der Waals surface area contributed by atoms with Crippen molar-refractivity contribution in [2.75, 3.05) is 0 Å². The fourth-order valence-corrected chi connectivity index (χ4v) is 1.44. The molecular weight excluding hydrogens is 195 g/mol. The lowest BCUT2D eigenvalue weighted by Gasteiger charge is -2.04. The van der Waals surface area contributed by atoms with E-state index in [0.29, 0.717) is 5.69 Å². The number of benzene rings is 1. The highest BCUT2D eigenvalue weighted by atomic mass is 19.1. The van der Waals surface area contributed by atoms with Gasteiger partial charge in [0.1, 0.15) is 5.82 Å². The van der Waals surface area contributed by atoms with E-state index < -0.39 is 0 Å². The predicted octanol–water partition coefficient (Wildman–Crippen LogP) is 1.88. The van der Waals surface area contributed by atoms with E-state index in [2.05, 4.69) is 9.97 Å². The maximum atomic E-state index is 12.9. The molecule has 2 rings (SSSR count). The molecule has 4 heteroatoms. The number of hydrogen-bond acceptors (Lipinski definition) is 2. The molecule has 1 aromatic heterocycles. The fraction of sp³-hybridized carbons (Fsp3) is 0.0909. The molecule has 1 heterocycles. The van der Waals surface area contributed by atoms with Gasteiger partial charge in [0, 0.05) is 5.56 Å². The standard InChI is InChI=1S/C11H9FN2O/c1-7-4-8(12)2-3-9(7)10-5-13-6-11(15)14-10/h2-6H,1H3,(H,14,15). The van der Waals surface area contributed by atoms with E-state index in [9.17, 15) is 9.18 Å². The Bertz CT molecular complexity index is 548. The van der Waals surface area contributed by atoms with Crippen LogP contribution in [-0.4, -0.2) is 9.97 Å². The van der Waals surface area contributed by atoms with Crippen LogP contribution in [0.1, 0.15) is 5.56 Å². The van der Waals surface area contributed by atoms with Crippen molar-refractivity contribution in [1.82, 2.24) is 9.97 Å². The number of H-pyrrole nitrogens is 1. The van der Waals surface area contributed by atoms with Crippen LogP contribution in [-0.2, 0) is 0 Å². The molecule has 1 aromatic carbocycles. The lowest BCUT2D eigenvalue weighted by molar-refractivity contribution is 0.627. The first-order valence-corrected chi connectivity index (χ1v) is 4.47. The molecule has 0 saturated heterocycles. The molecule has 0 aliphatic carbocycles. The topological polar surface area (TPSA) is 45.8 Å². The van der Waals surface area contributed by atoms with Crippen molar-refractivity contribution in [3.8, 4) is 11.3 Å². The van der Waals surface area contributed by atoms with Crippen LogP contribution in [0.4, 0.5) is 4.39 Å². The van der Waals surface area contributed by atoms with Crippen molar-refractivity contribution in [3.63, 3.8) is 0 Å². The van der Waals surface area contributed by atoms with Gasteiger partial charge in [-0.05, 0) is 30.7 Å². The number of aromatic nitrogens is 2. The van der Waals surface area contributed by atoms with Gasteiger partial charge in [-0.25, -0.2) is 4.39 Å². The largest absolute Gasteiger partial charge is 0.319 e. The Morgan fingerprint density at radius 2 is 2.13 bits per heavy atom. The van der Waals surface area contributed by atoms with Gasteiger partial charge in [0.2, 0.25) is 0 Å². The summed E-state index contributed by atoms with van der Waals surface area (Å²) < 4.78 is 12.9. The van der Waals surface area contributed by atoms with Crippen LogP contribution in [0, 0.1) is 12.7 Å². The molecule has 0 aliphatic heterocycles. The van der Waals surface area contributed by atoms with Gasteiger partial charge in [0.25, 0.3) is 5.56 Å². The molecule has 0 amide bonds. The van der Waals surface area contributed by atoms with Crippen molar-refractivity contribution in [1.29, 1.82) is 0 Å². The van der Waals surface area contributed by atoms with Crippen molar-refractivity contribution in [2.45, 2.75) is 6.92 Å². The van der Waals surface area contributed by atoms with Gasteiger partial charge in [-0.15, -0.1) is 0 Å². The van der Waals surface area contributed by atoms with E-state index in [1.807, 2.05) is 0 Å². The summed E-state index contributed by atoms with van der Waals surface area (Å²) in [4.78, 5) is 17.5. The third-order valence-corrected chi connectivity index (χ3v) is 2.13. The van der Waals surface area contributed by atoms with Crippen molar-refractivity contribution >= 4 is 0 Å². The second-order valence-corrected chi connectivity index (χ2v) is 3.27. The second-order valence-electron chi connectivity index (χ2n) is 3.27. The summed E-state index contributed by atoms with van der Waals surface area (Å²) in [7, 11) is 0. The monoisotopic (exact) mass is 204 g/mol. The molecule has 0 aliphatic rings. The van der Waals surface area contributed by atoms with Crippen molar-refractivity contribution in [3.05, 3.63) is 52.3 Å². The normalized spacial score (nSPS) is 10.3. The Morgan fingerprint density at radius 3 is 2.80 bits per heavy atom. The van der Waals surface area contributed by atoms with Crippen LogP contribution in [0.5, 0.6) is 0 Å². The Kier molecular flexibility index (Phi) is 2.33. The van der Waals surface area contributed by atoms with Gasteiger partial charge in [-0.3, -0.25) is 9.78 Å². The second kappa shape index (κ2) is 3.65. The van der Waals surface area contributed by atoms with Gasteiger partial charge in [-0.2, -0.15) is 0 Å². The highest BCUT2D eigenvalue weighted by molar-refractivity contribution is 5.62. The summed E-state index contributed by atoms with van der Waals surface area (Å²) in [5.74, 6) is -0.289. The maximum absolute atomic E-state index is 12.9. The van der Waals surface area contributed by atoms with Crippen LogP contribution >= 0.6 is 0 Å². The smallest absolute Gasteiger partial charge is 0.266 e. The summed E-state index contributed by atoms with van der Waals surface area (Å²) >= 11 is 0. The fourth-order valence-electron chi connectivity index (χ4n) is 1.44. The Morgan fingerprint density at radius 1 is 1.33 bits per heavy atom. The van der Waals surface area contributed by atoms with Crippen LogP contribution < -0.4 is 5.56 Å². The average molecular weight is 204 g/mol. The summed E-state index contributed by atoms with van der Waals surface area (Å²) in [6, 6.07) is 4.39. The minimum absolute atomic E-state index is 0.267. The molecule has 3 nitrogen and oxygen atoms in total. The quantitative estimate of drug-likeness (QED) is 0.770. The molecule has 0 atom stereocenters. The highest BCUT2D eigenvalue weighted by Crippen LogP contribution is 2.20. The van der Waals surface area contributed by atoms with E-state index in [1.165, 1.54) is 18.3 Å². The van der Waals surface area contributed by atoms with E-state index in [1.54, 1.807) is 19.2 Å². The molecule has 1 N–H and O–H groups in total. The third kappa shape index (κ3) is 1.93. The highest BCUT2D eigenvalue weighted by Gasteiger charge is 2.03. The van der Waals surface area contributed by atoms with Gasteiger partial charge in [-0.1, -0.05) is 0 Å². The van der Waals surface area contributed by atoms with Crippen molar-refractivity contribution < 1.29 is 4.39 Å². The predicted molar refractivity (Wildman–Crippen MR) is 55.0 cm³/mol. The molecule has 0 fully saturated rings. The molecule has 2 aromatic rings. The van der Waals surface area contributed by atoms with Gasteiger partial charge < -0.3 is 4.98 Å². The SMILES string of the molecule is Cc1cc(F)ccc1-c1cncc(=O)[nH]1. The molecule has 15 heavy (non-hydrogen) atoms. The van der Waals surface area contributed by atoms with E-state index in [0.717, 1.165) is 11.1 Å². The molecule has 76 valence electrons. The zero-order valence-electron chi connectivity index (χ0n) is 8.12. The first-order chi connectivity index (χ1) is 7.16. The maximum Gasteiger partial charge on any atom is 0.266 e. The molecule has 0 saturated carbocycles. The summed E-state index contributed by atoms with van der Waals surface area (Å²) in [6.07, 6.45) is 2.74. The van der Waals surface area contributed by atoms with Gasteiger partial charge >= 0.3 is 0 Å². The number of hydrogen-bond donors (Lipinski definition) is 1. The zero-order chi connectivity index (χ0) is 10.8. The number of rotatable bonds is 1. The van der Waals surface area contributed by atoms with Gasteiger partial charge in [0.05, 0.1) is 18.1 Å². The zero-order valence-corrected chi connectivity index (χ0v) is 8.12. The van der Waals surface area contributed by atoms with Crippen molar-refractivity contribution in [2.24, 2.45) is 0 Å².